The molecular formula is C21H25NO4S. The van der Waals surface area contributed by atoms with Gasteiger partial charge in [0.25, 0.3) is 5.91 Å². The Balaban J connectivity index is 1.75. The lowest BCUT2D eigenvalue weighted by molar-refractivity contribution is -0.118. The Morgan fingerprint density at radius 1 is 1.11 bits per heavy atom. The zero-order valence-corrected chi connectivity index (χ0v) is 16.4. The topological polar surface area (TPSA) is 64.6 Å². The lowest BCUT2D eigenvalue weighted by Crippen LogP contribution is -2.21. The lowest BCUT2D eigenvalue weighted by Gasteiger charge is -2.10. The fourth-order valence-electron chi connectivity index (χ4n) is 3.14. The van der Waals surface area contributed by atoms with Gasteiger partial charge in [-0.3, -0.25) is 4.79 Å². The third-order valence-electron chi connectivity index (χ3n) is 4.43. The quantitative estimate of drug-likeness (QED) is 0.557. The first-order chi connectivity index (χ1) is 13.2. The number of para-hydroxylation sites is 1. The average Bonchev–Trinajstić information content (AvgIpc) is 2.85. The van der Waals surface area contributed by atoms with Crippen molar-refractivity contribution in [1.29, 1.82) is 0 Å². The van der Waals surface area contributed by atoms with Crippen LogP contribution in [0.1, 0.15) is 53.4 Å². The van der Waals surface area contributed by atoms with E-state index in [1.807, 2.05) is 25.1 Å². The third kappa shape index (κ3) is 5.10. The van der Waals surface area contributed by atoms with Crippen LogP contribution >= 0.6 is 11.3 Å². The zero-order valence-electron chi connectivity index (χ0n) is 15.6. The summed E-state index contributed by atoms with van der Waals surface area (Å²) in [7, 11) is 0. The van der Waals surface area contributed by atoms with Gasteiger partial charge in [-0.05, 0) is 49.8 Å². The molecule has 3 rings (SSSR count). The number of benzene rings is 1. The van der Waals surface area contributed by atoms with Crippen molar-refractivity contribution in [3.63, 3.8) is 0 Å². The smallest absolute Gasteiger partial charge is 0.341 e. The molecule has 0 radical (unpaired) electrons. The number of hydrogen-bond donors (Lipinski definition) is 1. The van der Waals surface area contributed by atoms with E-state index in [0.29, 0.717) is 22.9 Å². The minimum absolute atomic E-state index is 0.101. The number of thiophene rings is 1. The number of carbonyl (C=O) groups excluding carboxylic acids is 2. The molecule has 6 heteroatoms. The van der Waals surface area contributed by atoms with Gasteiger partial charge in [0.05, 0.1) is 12.2 Å². The molecule has 1 N–H and O–H groups in total. The molecule has 1 aliphatic rings. The van der Waals surface area contributed by atoms with Crippen LogP contribution in [0.5, 0.6) is 5.75 Å². The molecule has 2 aromatic rings. The highest BCUT2D eigenvalue weighted by Crippen LogP contribution is 2.38. The van der Waals surface area contributed by atoms with E-state index in [2.05, 4.69) is 5.32 Å². The van der Waals surface area contributed by atoms with Crippen LogP contribution < -0.4 is 10.1 Å². The van der Waals surface area contributed by atoms with Crippen molar-refractivity contribution in [2.75, 3.05) is 18.5 Å². The molecule has 1 aromatic heterocycles. The minimum Gasteiger partial charge on any atom is -0.484 e. The third-order valence-corrected chi connectivity index (χ3v) is 5.64. The molecule has 1 amide bonds. The van der Waals surface area contributed by atoms with Crippen molar-refractivity contribution >= 4 is 28.2 Å². The number of ether oxygens (including phenoxy) is 2. The first kappa shape index (κ1) is 19.4. The first-order valence-electron chi connectivity index (χ1n) is 9.48. The number of amides is 1. The van der Waals surface area contributed by atoms with E-state index in [4.69, 9.17) is 9.47 Å². The fourth-order valence-corrected chi connectivity index (χ4v) is 4.44. The molecule has 0 aliphatic heterocycles. The normalized spacial score (nSPS) is 13.4. The number of esters is 1. The van der Waals surface area contributed by atoms with Crippen molar-refractivity contribution in [3.05, 3.63) is 46.3 Å². The van der Waals surface area contributed by atoms with Crippen LogP contribution in [0.25, 0.3) is 0 Å². The van der Waals surface area contributed by atoms with Gasteiger partial charge in [-0.2, -0.15) is 0 Å². The summed E-state index contributed by atoms with van der Waals surface area (Å²) in [6, 6.07) is 9.19. The van der Waals surface area contributed by atoms with Gasteiger partial charge < -0.3 is 14.8 Å². The Morgan fingerprint density at radius 2 is 1.89 bits per heavy atom. The summed E-state index contributed by atoms with van der Waals surface area (Å²) >= 11 is 1.50. The average molecular weight is 388 g/mol. The maximum atomic E-state index is 12.6. The molecule has 27 heavy (non-hydrogen) atoms. The Kier molecular flexibility index (Phi) is 6.87. The summed E-state index contributed by atoms with van der Waals surface area (Å²) in [5.41, 5.74) is 1.59. The van der Waals surface area contributed by atoms with Crippen LogP contribution in [-0.4, -0.2) is 25.1 Å². The molecule has 0 fully saturated rings. The van der Waals surface area contributed by atoms with Crippen LogP contribution in [0.4, 0.5) is 5.00 Å². The van der Waals surface area contributed by atoms with Gasteiger partial charge >= 0.3 is 5.97 Å². The van der Waals surface area contributed by atoms with Crippen molar-refractivity contribution in [2.24, 2.45) is 0 Å². The number of carbonyl (C=O) groups is 2. The van der Waals surface area contributed by atoms with Gasteiger partial charge in [0.1, 0.15) is 10.8 Å². The van der Waals surface area contributed by atoms with E-state index in [1.165, 1.54) is 16.2 Å². The molecule has 0 atom stereocenters. The predicted molar refractivity (Wildman–Crippen MR) is 107 cm³/mol. The highest BCUT2D eigenvalue weighted by molar-refractivity contribution is 7.17. The second-order valence-corrected chi connectivity index (χ2v) is 7.66. The van der Waals surface area contributed by atoms with Crippen molar-refractivity contribution < 1.29 is 19.1 Å². The summed E-state index contributed by atoms with van der Waals surface area (Å²) in [5.74, 6) is 0.0209. The van der Waals surface area contributed by atoms with Gasteiger partial charge in [-0.1, -0.05) is 31.5 Å². The number of fused-ring (bicyclic) bond motifs is 1. The Labute approximate surface area is 163 Å². The Morgan fingerprint density at radius 3 is 2.67 bits per heavy atom. The number of nitrogens with one attached hydrogen (secondary N) is 1. The summed E-state index contributed by atoms with van der Waals surface area (Å²) in [5, 5.41) is 3.46. The van der Waals surface area contributed by atoms with E-state index < -0.39 is 0 Å². The second-order valence-electron chi connectivity index (χ2n) is 6.55. The summed E-state index contributed by atoms with van der Waals surface area (Å²) in [6.07, 6.45) is 5.91. The Hall–Kier alpha value is -2.34. The van der Waals surface area contributed by atoms with Crippen molar-refractivity contribution in [2.45, 2.75) is 45.4 Å². The summed E-state index contributed by atoms with van der Waals surface area (Å²) in [6.45, 7) is 2.25. The highest BCUT2D eigenvalue weighted by atomic mass is 32.1. The fraction of sp³-hybridized carbons (Fsp3) is 0.429. The Bertz CT molecular complexity index is 785. The number of aryl methyl sites for hydroxylation is 1. The van der Waals surface area contributed by atoms with Crippen LogP contribution in [0, 0.1) is 0 Å². The molecule has 144 valence electrons. The van der Waals surface area contributed by atoms with Gasteiger partial charge in [0, 0.05) is 4.88 Å². The highest BCUT2D eigenvalue weighted by Gasteiger charge is 2.26. The summed E-state index contributed by atoms with van der Waals surface area (Å²) in [4.78, 5) is 26.2. The molecule has 0 saturated heterocycles. The number of hydrogen-bond acceptors (Lipinski definition) is 5. The van der Waals surface area contributed by atoms with E-state index >= 15 is 0 Å². The van der Waals surface area contributed by atoms with Gasteiger partial charge in [-0.15, -0.1) is 11.3 Å². The van der Waals surface area contributed by atoms with Crippen LogP contribution in [0.15, 0.2) is 30.3 Å². The van der Waals surface area contributed by atoms with Crippen molar-refractivity contribution in [1.82, 2.24) is 0 Å². The van der Waals surface area contributed by atoms with E-state index in [9.17, 15) is 9.59 Å². The van der Waals surface area contributed by atoms with Gasteiger partial charge in [0.15, 0.2) is 6.61 Å². The monoisotopic (exact) mass is 387 g/mol. The molecule has 0 spiro atoms. The van der Waals surface area contributed by atoms with Crippen LogP contribution in [0.2, 0.25) is 0 Å². The zero-order chi connectivity index (χ0) is 19.1. The lowest BCUT2D eigenvalue weighted by atomic mass is 10.1. The van der Waals surface area contributed by atoms with Crippen LogP contribution in [0.3, 0.4) is 0 Å². The van der Waals surface area contributed by atoms with E-state index in [0.717, 1.165) is 44.1 Å². The number of anilines is 1. The molecule has 1 heterocycles. The largest absolute Gasteiger partial charge is 0.484 e. The van der Waals surface area contributed by atoms with Crippen molar-refractivity contribution in [3.8, 4) is 5.75 Å². The van der Waals surface area contributed by atoms with Gasteiger partial charge in [-0.25, -0.2) is 4.79 Å². The molecule has 1 aromatic carbocycles. The van der Waals surface area contributed by atoms with E-state index in [1.54, 1.807) is 12.1 Å². The molecule has 0 bridgehead atoms. The maximum Gasteiger partial charge on any atom is 0.341 e. The minimum atomic E-state index is -0.337. The SMILES string of the molecule is CCCOC(=O)c1c(NC(=O)COc2ccccc2)sc2c1CCCCC2. The maximum absolute atomic E-state index is 12.6. The second kappa shape index (κ2) is 9.55. The molecule has 0 saturated carbocycles. The number of rotatable bonds is 7. The predicted octanol–water partition coefficient (Wildman–Crippen LogP) is 4.60. The van der Waals surface area contributed by atoms with Crippen LogP contribution in [-0.2, 0) is 22.4 Å². The molecule has 5 nitrogen and oxygen atoms in total. The standard InChI is InChI=1S/C21H25NO4S/c1-2-13-25-21(24)19-16-11-7-4-8-12-17(16)27-20(19)22-18(23)14-26-15-9-5-3-6-10-15/h3,5-6,9-10H,2,4,7-8,11-14H2,1H3,(H,22,23). The molecule has 0 unspecified atom stereocenters. The van der Waals surface area contributed by atoms with E-state index in [-0.39, 0.29) is 18.5 Å². The first-order valence-corrected chi connectivity index (χ1v) is 10.3. The summed E-state index contributed by atoms with van der Waals surface area (Å²) < 4.78 is 10.9. The molecule has 1 aliphatic carbocycles. The molecular weight excluding hydrogens is 362 g/mol. The van der Waals surface area contributed by atoms with Gasteiger partial charge in [0.2, 0.25) is 0 Å².